The van der Waals surface area contributed by atoms with E-state index in [4.69, 9.17) is 0 Å². The maximum Gasteiger partial charge on any atom is 0.326 e. The van der Waals surface area contributed by atoms with Gasteiger partial charge in [0.2, 0.25) is 35.4 Å². The fourth-order valence-corrected chi connectivity index (χ4v) is 8.82. The maximum atomic E-state index is 13.5. The summed E-state index contributed by atoms with van der Waals surface area (Å²) in [7, 11) is 0. The molecule has 0 aliphatic rings. The Hall–Kier alpha value is -8.54. The normalized spacial score (nSPS) is 13.7. The third-order valence-corrected chi connectivity index (χ3v) is 12.6. The van der Waals surface area contributed by atoms with Crippen molar-refractivity contribution in [2.45, 2.75) is 152 Å². The molecule has 3 aromatic rings. The zero-order valence-electron chi connectivity index (χ0n) is 41.8. The first kappa shape index (κ1) is 63.7. The van der Waals surface area contributed by atoms with E-state index in [1.165, 1.54) is 0 Å². The number of amides is 7. The van der Waals surface area contributed by atoms with Crippen molar-refractivity contribution in [3.63, 3.8) is 0 Å². The molecule has 1 aromatic carbocycles. The number of hydrogen-bond donors (Lipinski definition) is 14. The number of carboxylic acids is 7. The van der Waals surface area contributed by atoms with Gasteiger partial charge in [-0.15, -0.1) is 0 Å². The number of benzene rings is 1. The van der Waals surface area contributed by atoms with E-state index in [1.807, 2.05) is 51.0 Å². The molecule has 0 unspecified atom stereocenters. The molecule has 0 fully saturated rings. The van der Waals surface area contributed by atoms with Gasteiger partial charge in [-0.3, -0.25) is 62.3 Å². The number of aliphatic carboxylic acids is 7. The first-order chi connectivity index (χ1) is 36.8. The first-order valence-electron chi connectivity index (χ1n) is 24.1. The van der Waals surface area contributed by atoms with Crippen molar-refractivity contribution < 1.29 is 103 Å². The van der Waals surface area contributed by atoms with Gasteiger partial charge in [-0.1, -0.05) is 19.8 Å². The predicted octanol–water partition coefficient (Wildman–Crippen LogP) is -2.50. The zero-order chi connectivity index (χ0) is 58.2. The molecule has 0 bridgehead atoms. The van der Waals surface area contributed by atoms with Crippen molar-refractivity contribution in [3.8, 4) is 0 Å². The second-order valence-corrected chi connectivity index (χ2v) is 18.8. The predicted molar refractivity (Wildman–Crippen MR) is 264 cm³/mol. The van der Waals surface area contributed by atoms with Crippen LogP contribution in [-0.2, 0) is 73.7 Å². The summed E-state index contributed by atoms with van der Waals surface area (Å²) < 4.78 is 11.1. The van der Waals surface area contributed by atoms with E-state index >= 15 is 0 Å². The van der Waals surface area contributed by atoms with Crippen LogP contribution in [0.25, 0.3) is 21.9 Å². The van der Waals surface area contributed by atoms with Crippen LogP contribution in [-0.4, -0.2) is 189 Å². The standard InChI is InChI=1S/C46H60N10O21Se/c1-2-3-9-24(46(76)77)48-41(71)26(17-33(60)61)50-43(73)28(19-35(64)65)52-45(75)30(21-37(68)69)53-44(74)29(20-36(66)67)51-42(72)27(18-34(62)63)49-40(70)25(16-32(58)59)47-31(57)10-7-5-4-6-8-14-56-15-13-22-11-12-23-38(39(22)56)55-78-54-23/h11-13,15,24-30H,2-10,14,16-21H2,1H3,(H,47,57)(H,48,71)(H,49,70)(H,50,73)(H,51,72)(H,52,75)(H,53,74)(H,58,59)(H,60,61)(H,62,63)(H,64,65)(H,66,67)(H,68,69)(H,76,77)/t24-,25+,26-,27-,28-,29-,30-/m0/s1. The number of carbonyl (C=O) groups is 14. The number of carboxylic acid groups (broad SMARTS) is 7. The summed E-state index contributed by atoms with van der Waals surface area (Å²) in [5.41, 5.74) is 2.75. The third kappa shape index (κ3) is 21.6. The molecule has 7 amide bonds. The van der Waals surface area contributed by atoms with Crippen LogP contribution in [0, 0.1) is 0 Å². The molecular formula is C46H60N10O21Se. The molecule has 14 N–H and O–H groups in total. The number of hydrogen-bond acceptors (Lipinski definition) is 16. The number of carbonyl (C=O) groups excluding carboxylic acids is 7. The van der Waals surface area contributed by atoms with Crippen LogP contribution in [0.15, 0.2) is 24.4 Å². The molecule has 7 atom stereocenters. The number of nitrogens with one attached hydrogen (secondary N) is 7. The van der Waals surface area contributed by atoms with Gasteiger partial charge in [0.05, 0.1) is 38.5 Å². The Bertz CT molecular complexity index is 2730. The van der Waals surface area contributed by atoms with E-state index in [0.29, 0.717) is 32.2 Å². The van der Waals surface area contributed by atoms with E-state index in [2.05, 4.69) is 23.2 Å². The smallest absolute Gasteiger partial charge is 0.326 e. The Labute approximate surface area is 447 Å². The van der Waals surface area contributed by atoms with Crippen molar-refractivity contribution in [3.05, 3.63) is 24.4 Å². The summed E-state index contributed by atoms with van der Waals surface area (Å²) in [4.78, 5) is 175. The van der Waals surface area contributed by atoms with Gasteiger partial charge in [0.1, 0.15) is 42.3 Å². The second-order valence-electron chi connectivity index (χ2n) is 17.7. The van der Waals surface area contributed by atoms with Gasteiger partial charge >= 0.3 is 167 Å². The van der Waals surface area contributed by atoms with Gasteiger partial charge < -0.3 is 73.0 Å². The Morgan fingerprint density at radius 3 is 1.22 bits per heavy atom. The van der Waals surface area contributed by atoms with E-state index in [9.17, 15) is 103 Å². The topological polar surface area (TPSA) is 496 Å². The molecule has 2 aromatic heterocycles. The third-order valence-electron chi connectivity index (χ3n) is 11.5. The Balaban J connectivity index is 1.68. The van der Waals surface area contributed by atoms with E-state index in [-0.39, 0.29) is 27.8 Å². The van der Waals surface area contributed by atoms with Gasteiger partial charge in [-0.25, -0.2) is 4.79 Å². The molecule has 78 heavy (non-hydrogen) atoms. The minimum absolute atomic E-state index is 0.111. The van der Waals surface area contributed by atoms with Crippen LogP contribution in [0.4, 0.5) is 0 Å². The molecule has 32 heteroatoms. The van der Waals surface area contributed by atoms with Crippen LogP contribution in [0.3, 0.4) is 0 Å². The Morgan fingerprint density at radius 2 is 0.833 bits per heavy atom. The van der Waals surface area contributed by atoms with Crippen molar-refractivity contribution in [1.82, 2.24) is 49.7 Å². The molecule has 426 valence electrons. The maximum absolute atomic E-state index is 13.5. The Kier molecular flexibility index (Phi) is 25.7. The summed E-state index contributed by atoms with van der Waals surface area (Å²) in [6, 6.07) is -8.75. The van der Waals surface area contributed by atoms with Crippen LogP contribution in [0.2, 0.25) is 0 Å². The van der Waals surface area contributed by atoms with E-state index in [0.717, 1.165) is 41.2 Å². The number of fused-ring (bicyclic) bond motifs is 3. The molecule has 0 spiro atoms. The van der Waals surface area contributed by atoms with Gasteiger partial charge in [-0.05, 0) is 6.42 Å². The Morgan fingerprint density at radius 1 is 0.462 bits per heavy atom. The van der Waals surface area contributed by atoms with E-state index < -0.39 is 164 Å². The van der Waals surface area contributed by atoms with Gasteiger partial charge in [0.25, 0.3) is 0 Å². The average Bonchev–Trinajstić information content (AvgIpc) is 4.00. The van der Waals surface area contributed by atoms with Gasteiger partial charge in [0, 0.05) is 0 Å². The summed E-state index contributed by atoms with van der Waals surface area (Å²) >= 11 is -0.188. The summed E-state index contributed by atoms with van der Waals surface area (Å²) in [5.74, 6) is -22.1. The summed E-state index contributed by atoms with van der Waals surface area (Å²) in [6.07, 6.45) is -1.90. The molecule has 0 saturated heterocycles. The average molecular weight is 1170 g/mol. The molecule has 0 aliphatic carbocycles. The number of nitrogens with zero attached hydrogens (tertiary/aromatic N) is 3. The molecule has 2 heterocycles. The quantitative estimate of drug-likeness (QED) is 0.0210. The van der Waals surface area contributed by atoms with E-state index in [1.54, 1.807) is 6.92 Å². The second kappa shape index (κ2) is 31.5. The minimum Gasteiger partial charge on any atom is -0.480 e. The van der Waals surface area contributed by atoms with Crippen molar-refractivity contribution in [2.24, 2.45) is 0 Å². The monoisotopic (exact) mass is 1170 g/mol. The molecule has 3 rings (SSSR count). The minimum atomic E-state index is -2.35. The van der Waals surface area contributed by atoms with Crippen molar-refractivity contribution in [2.75, 3.05) is 0 Å². The molecule has 31 nitrogen and oxygen atoms in total. The van der Waals surface area contributed by atoms with Crippen LogP contribution >= 0.6 is 0 Å². The van der Waals surface area contributed by atoms with Crippen molar-refractivity contribution in [1.29, 1.82) is 0 Å². The van der Waals surface area contributed by atoms with Crippen LogP contribution in [0.1, 0.15) is 103 Å². The first-order valence-corrected chi connectivity index (χ1v) is 25.7. The van der Waals surface area contributed by atoms with Gasteiger partial charge in [-0.2, -0.15) is 0 Å². The van der Waals surface area contributed by atoms with Crippen LogP contribution in [0.5, 0.6) is 0 Å². The molecule has 0 saturated carbocycles. The number of aryl methyl sites for hydroxylation is 1. The number of unbranched alkanes of at least 4 members (excludes halogenated alkanes) is 5. The van der Waals surface area contributed by atoms with Crippen molar-refractivity contribution >= 4 is 120 Å². The van der Waals surface area contributed by atoms with Crippen LogP contribution < -0.4 is 37.2 Å². The zero-order valence-corrected chi connectivity index (χ0v) is 43.5. The molecule has 0 radical (unpaired) electrons. The fraction of sp³-hybridized carbons (Fsp3) is 0.522. The van der Waals surface area contributed by atoms with Gasteiger partial charge in [0.15, 0.2) is 0 Å². The number of aromatic nitrogens is 3. The fourth-order valence-electron chi connectivity index (χ4n) is 7.69. The SMILES string of the molecule is CCCC[C@H](NC(=O)[C@H](CC(=O)O)NC(=O)[C@H](CC(=O)O)NC(=O)[C@H](CC(=O)O)NC(=O)[C@H](CC(=O)O)NC(=O)[C@H](CC(=O)O)NC(=O)[C@@H](CC(=O)O)NC(=O)CCCCCCCn1ccc2ccc3n[se]nc3c21)C(=O)O. The molecule has 0 aliphatic heterocycles. The largest absolute Gasteiger partial charge is 0.480 e. The number of rotatable bonds is 37. The summed E-state index contributed by atoms with van der Waals surface area (Å²) in [5, 5.41) is 81.3. The summed E-state index contributed by atoms with van der Waals surface area (Å²) in [6.45, 7) is 2.42. The molecular weight excluding hydrogens is 1110 g/mol.